The van der Waals surface area contributed by atoms with Gasteiger partial charge in [-0.05, 0) is 61.8 Å². The Labute approximate surface area is 194 Å². The van der Waals surface area contributed by atoms with Crippen molar-refractivity contribution in [1.29, 1.82) is 0 Å². The number of carbonyl (C=O) groups excluding carboxylic acids is 2. The second-order valence-electron chi connectivity index (χ2n) is 9.16. The summed E-state index contributed by atoms with van der Waals surface area (Å²) in [6.07, 6.45) is 3.63. The van der Waals surface area contributed by atoms with Crippen LogP contribution in [0, 0.1) is 13.8 Å². The van der Waals surface area contributed by atoms with Gasteiger partial charge in [-0.2, -0.15) is 0 Å². The van der Waals surface area contributed by atoms with E-state index in [-0.39, 0.29) is 23.4 Å². The zero-order chi connectivity index (χ0) is 24.1. The Morgan fingerprint density at radius 3 is 1.50 bits per heavy atom. The third-order valence-electron chi connectivity index (χ3n) is 7.49. The summed E-state index contributed by atoms with van der Waals surface area (Å²) in [5.74, 6) is 0.169. The second kappa shape index (κ2) is 10.6. The first-order valence-corrected chi connectivity index (χ1v) is 12.1. The summed E-state index contributed by atoms with van der Waals surface area (Å²) in [7, 11) is 0. The van der Waals surface area contributed by atoms with E-state index in [1.165, 1.54) is 11.1 Å². The zero-order valence-corrected chi connectivity index (χ0v) is 21.0. The highest BCUT2D eigenvalue weighted by Crippen LogP contribution is 2.40. The van der Waals surface area contributed by atoms with Crippen LogP contribution in [0.15, 0.2) is 36.4 Å². The maximum Gasteiger partial charge on any atom is 0.166 e. The number of carbonyl (C=O) groups is 2. The van der Waals surface area contributed by atoms with Crippen molar-refractivity contribution in [2.24, 2.45) is 0 Å². The van der Waals surface area contributed by atoms with Gasteiger partial charge in [0.05, 0.1) is 5.60 Å². The molecule has 1 N–H and O–H groups in total. The SMILES string of the molecule is CCC(=O)c1ccc(C(CC)(CC)c2ccc(C(=O)CC(O)(CC)CC)c(C)c2)cc1C. The van der Waals surface area contributed by atoms with Crippen LogP contribution in [0.1, 0.15) is 116 Å². The average Bonchev–Trinajstić information content (AvgIpc) is 2.79. The molecule has 3 heteroatoms. The highest BCUT2D eigenvalue weighted by molar-refractivity contribution is 5.98. The first-order chi connectivity index (χ1) is 15.1. The lowest BCUT2D eigenvalue weighted by Gasteiger charge is -2.34. The molecule has 0 fully saturated rings. The summed E-state index contributed by atoms with van der Waals surface area (Å²) in [6, 6.07) is 12.4. The van der Waals surface area contributed by atoms with Crippen LogP contribution in [-0.2, 0) is 5.41 Å². The molecule has 0 aliphatic carbocycles. The average molecular weight is 437 g/mol. The molecule has 0 aliphatic heterocycles. The number of benzene rings is 2. The Morgan fingerprint density at radius 1 is 0.719 bits per heavy atom. The molecular formula is C29H40O3. The van der Waals surface area contributed by atoms with E-state index in [1.54, 1.807) is 0 Å². The maximum atomic E-state index is 13.0. The summed E-state index contributed by atoms with van der Waals surface area (Å²) in [5.41, 5.74) is 4.73. The fourth-order valence-electron chi connectivity index (χ4n) is 4.87. The molecule has 0 saturated carbocycles. The molecule has 0 amide bonds. The predicted octanol–water partition coefficient (Wildman–Crippen LogP) is 7.13. The molecule has 0 bridgehead atoms. The van der Waals surface area contributed by atoms with E-state index in [1.807, 2.05) is 46.8 Å². The number of hydrogen-bond donors (Lipinski definition) is 1. The third-order valence-corrected chi connectivity index (χ3v) is 7.49. The van der Waals surface area contributed by atoms with Crippen molar-refractivity contribution < 1.29 is 14.7 Å². The van der Waals surface area contributed by atoms with Crippen molar-refractivity contribution in [2.75, 3.05) is 0 Å². The fraction of sp³-hybridized carbons (Fsp3) is 0.517. The molecule has 0 aromatic heterocycles. The topological polar surface area (TPSA) is 54.4 Å². The van der Waals surface area contributed by atoms with Crippen molar-refractivity contribution in [3.05, 3.63) is 69.8 Å². The fourth-order valence-corrected chi connectivity index (χ4v) is 4.87. The minimum absolute atomic E-state index is 0.00266. The molecule has 2 rings (SSSR count). The number of hydrogen-bond acceptors (Lipinski definition) is 3. The van der Waals surface area contributed by atoms with Gasteiger partial charge in [0.25, 0.3) is 0 Å². The van der Waals surface area contributed by atoms with Gasteiger partial charge in [0.2, 0.25) is 0 Å². The van der Waals surface area contributed by atoms with Crippen molar-refractivity contribution in [1.82, 2.24) is 0 Å². The normalized spacial score (nSPS) is 12.1. The molecule has 0 spiro atoms. The van der Waals surface area contributed by atoms with Crippen molar-refractivity contribution >= 4 is 11.6 Å². The van der Waals surface area contributed by atoms with Crippen LogP contribution < -0.4 is 0 Å². The van der Waals surface area contributed by atoms with Gasteiger partial charge < -0.3 is 5.11 Å². The molecule has 2 aromatic rings. The molecule has 0 unspecified atom stereocenters. The summed E-state index contributed by atoms with van der Waals surface area (Å²) >= 11 is 0. The zero-order valence-electron chi connectivity index (χ0n) is 21.0. The molecule has 0 saturated heterocycles. The van der Waals surface area contributed by atoms with Gasteiger partial charge in [-0.25, -0.2) is 0 Å². The van der Waals surface area contributed by atoms with Crippen LogP contribution >= 0.6 is 0 Å². The van der Waals surface area contributed by atoms with Crippen LogP contribution in [0.25, 0.3) is 0 Å². The minimum atomic E-state index is -0.937. The van der Waals surface area contributed by atoms with E-state index in [0.29, 0.717) is 24.8 Å². The molecule has 0 aliphatic rings. The molecule has 2 aromatic carbocycles. The lowest BCUT2D eigenvalue weighted by molar-refractivity contribution is 0.0243. The van der Waals surface area contributed by atoms with Crippen LogP contribution in [0.3, 0.4) is 0 Å². The standard InChI is InChI=1S/C29H40O3/c1-8-26(30)24-15-13-22(17-20(24)6)29(11-4,12-5)23-14-16-25(21(7)18-23)27(31)19-28(32,9-2)10-3/h13-18,32H,8-12,19H2,1-7H3. The van der Waals surface area contributed by atoms with Crippen LogP contribution in [0.5, 0.6) is 0 Å². The van der Waals surface area contributed by atoms with Crippen molar-refractivity contribution in [2.45, 2.75) is 98.0 Å². The van der Waals surface area contributed by atoms with E-state index < -0.39 is 5.60 Å². The summed E-state index contributed by atoms with van der Waals surface area (Å²) < 4.78 is 0. The van der Waals surface area contributed by atoms with E-state index in [4.69, 9.17) is 0 Å². The van der Waals surface area contributed by atoms with Crippen molar-refractivity contribution in [3.8, 4) is 0 Å². The van der Waals surface area contributed by atoms with Gasteiger partial charge in [0, 0.05) is 29.4 Å². The van der Waals surface area contributed by atoms with E-state index in [2.05, 4.69) is 38.1 Å². The van der Waals surface area contributed by atoms with Gasteiger partial charge in [0.1, 0.15) is 0 Å². The smallest absolute Gasteiger partial charge is 0.166 e. The molecule has 3 nitrogen and oxygen atoms in total. The Kier molecular flexibility index (Phi) is 8.59. The molecular weight excluding hydrogens is 396 g/mol. The van der Waals surface area contributed by atoms with Crippen LogP contribution in [0.4, 0.5) is 0 Å². The predicted molar refractivity (Wildman–Crippen MR) is 133 cm³/mol. The van der Waals surface area contributed by atoms with Crippen molar-refractivity contribution in [3.63, 3.8) is 0 Å². The molecule has 32 heavy (non-hydrogen) atoms. The van der Waals surface area contributed by atoms with Gasteiger partial charge >= 0.3 is 0 Å². The van der Waals surface area contributed by atoms with Crippen LogP contribution in [-0.4, -0.2) is 22.3 Å². The Morgan fingerprint density at radius 2 is 1.16 bits per heavy atom. The Bertz CT molecular complexity index is 962. The highest BCUT2D eigenvalue weighted by Gasteiger charge is 2.32. The number of rotatable bonds is 11. The van der Waals surface area contributed by atoms with E-state index in [9.17, 15) is 14.7 Å². The number of Topliss-reactive ketones (excluding diaryl/α,β-unsaturated/α-hetero) is 2. The third kappa shape index (κ3) is 5.04. The summed E-state index contributed by atoms with van der Waals surface area (Å²) in [6.45, 7) is 14.1. The van der Waals surface area contributed by atoms with Gasteiger partial charge in [-0.1, -0.05) is 71.0 Å². The van der Waals surface area contributed by atoms with E-state index >= 15 is 0 Å². The molecule has 0 heterocycles. The highest BCUT2D eigenvalue weighted by atomic mass is 16.3. The lowest BCUT2D eigenvalue weighted by atomic mass is 9.69. The van der Waals surface area contributed by atoms with Gasteiger partial charge in [-0.3, -0.25) is 9.59 Å². The number of aliphatic hydroxyl groups is 1. The van der Waals surface area contributed by atoms with Crippen LogP contribution in [0.2, 0.25) is 0 Å². The lowest BCUT2D eigenvalue weighted by Crippen LogP contribution is -2.30. The Hall–Kier alpha value is -2.26. The largest absolute Gasteiger partial charge is 0.389 e. The quantitative estimate of drug-likeness (QED) is 0.381. The Balaban J connectivity index is 2.49. The monoisotopic (exact) mass is 436 g/mol. The first kappa shape index (κ1) is 26.0. The first-order valence-electron chi connectivity index (χ1n) is 12.1. The van der Waals surface area contributed by atoms with E-state index in [0.717, 1.165) is 29.5 Å². The molecule has 174 valence electrons. The maximum absolute atomic E-state index is 13.0. The number of aryl methyl sites for hydroxylation is 2. The second-order valence-corrected chi connectivity index (χ2v) is 9.16. The number of ketones is 2. The summed E-state index contributed by atoms with van der Waals surface area (Å²) in [4.78, 5) is 25.2. The van der Waals surface area contributed by atoms with Gasteiger partial charge in [0.15, 0.2) is 11.6 Å². The summed E-state index contributed by atoms with van der Waals surface area (Å²) in [5, 5.41) is 10.6. The molecule has 0 radical (unpaired) electrons. The molecule has 0 atom stereocenters. The van der Waals surface area contributed by atoms with Gasteiger partial charge in [-0.15, -0.1) is 0 Å². The minimum Gasteiger partial charge on any atom is -0.389 e.